The first-order valence-electron chi connectivity index (χ1n) is 7.15. The summed E-state index contributed by atoms with van der Waals surface area (Å²) in [5.41, 5.74) is 2.57. The van der Waals surface area contributed by atoms with Crippen LogP contribution in [0, 0.1) is 12.7 Å². The average molecular weight is 288 g/mol. The van der Waals surface area contributed by atoms with Crippen molar-refractivity contribution in [3.63, 3.8) is 0 Å². The van der Waals surface area contributed by atoms with E-state index in [0.717, 1.165) is 24.1 Å². The van der Waals surface area contributed by atoms with E-state index in [9.17, 15) is 4.39 Å². The molecule has 0 saturated carbocycles. The number of aryl methyl sites for hydroxylation is 1. The van der Waals surface area contributed by atoms with Crippen molar-refractivity contribution in [3.8, 4) is 5.75 Å². The first-order valence-corrected chi connectivity index (χ1v) is 7.15. The molecule has 2 aromatic rings. The number of halogens is 1. The number of aromatic nitrogens is 1. The smallest absolute Gasteiger partial charge is 0.132 e. The van der Waals surface area contributed by atoms with Crippen LogP contribution < -0.4 is 10.1 Å². The van der Waals surface area contributed by atoms with Gasteiger partial charge in [0.05, 0.1) is 18.7 Å². The van der Waals surface area contributed by atoms with Crippen LogP contribution in [0.1, 0.15) is 36.1 Å². The second-order valence-corrected chi connectivity index (χ2v) is 4.98. The van der Waals surface area contributed by atoms with Gasteiger partial charge in [-0.15, -0.1) is 0 Å². The Hall–Kier alpha value is -1.94. The monoisotopic (exact) mass is 288 g/mol. The molecule has 21 heavy (non-hydrogen) atoms. The molecule has 1 N–H and O–H groups in total. The normalized spacial score (nSPS) is 12.2. The Kier molecular flexibility index (Phi) is 5.28. The number of rotatable bonds is 6. The second kappa shape index (κ2) is 7.18. The van der Waals surface area contributed by atoms with E-state index in [2.05, 4.69) is 17.2 Å². The first-order chi connectivity index (χ1) is 10.2. The van der Waals surface area contributed by atoms with Crippen molar-refractivity contribution < 1.29 is 9.13 Å². The summed E-state index contributed by atoms with van der Waals surface area (Å²) < 4.78 is 19.7. The molecule has 1 aromatic carbocycles. The summed E-state index contributed by atoms with van der Waals surface area (Å²) in [6.45, 7) is 4.88. The van der Waals surface area contributed by atoms with Crippen LogP contribution in [0.4, 0.5) is 4.39 Å². The maximum atomic E-state index is 14.4. The van der Waals surface area contributed by atoms with Gasteiger partial charge in [-0.1, -0.05) is 13.0 Å². The number of hydrogen-bond acceptors (Lipinski definition) is 3. The molecule has 0 amide bonds. The minimum Gasteiger partial charge on any atom is -0.496 e. The highest BCUT2D eigenvalue weighted by molar-refractivity contribution is 5.43. The second-order valence-electron chi connectivity index (χ2n) is 4.98. The predicted molar refractivity (Wildman–Crippen MR) is 82.1 cm³/mol. The van der Waals surface area contributed by atoms with Crippen molar-refractivity contribution in [2.24, 2.45) is 0 Å². The van der Waals surface area contributed by atoms with E-state index in [-0.39, 0.29) is 11.9 Å². The Morgan fingerprint density at radius 2 is 2.14 bits per heavy atom. The number of benzene rings is 1. The zero-order valence-corrected chi connectivity index (χ0v) is 12.7. The summed E-state index contributed by atoms with van der Waals surface area (Å²) in [5, 5.41) is 3.40. The lowest BCUT2D eigenvalue weighted by atomic mass is 9.95. The number of hydrogen-bond donors (Lipinski definition) is 1. The topological polar surface area (TPSA) is 34.2 Å². The van der Waals surface area contributed by atoms with E-state index >= 15 is 0 Å². The Bertz CT molecular complexity index is 601. The summed E-state index contributed by atoms with van der Waals surface area (Å²) in [5.74, 6) is 0.276. The molecule has 4 heteroatoms. The van der Waals surface area contributed by atoms with E-state index in [1.807, 2.05) is 13.0 Å². The van der Waals surface area contributed by atoms with Crippen LogP contribution in [0.25, 0.3) is 0 Å². The molecule has 1 aromatic heterocycles. The van der Waals surface area contributed by atoms with Crippen LogP contribution in [0.5, 0.6) is 5.75 Å². The number of pyridine rings is 1. The van der Waals surface area contributed by atoms with Crippen LogP contribution in [0.3, 0.4) is 0 Å². The molecule has 2 rings (SSSR count). The highest BCUT2D eigenvalue weighted by atomic mass is 19.1. The lowest BCUT2D eigenvalue weighted by Crippen LogP contribution is -2.25. The van der Waals surface area contributed by atoms with Crippen LogP contribution in [0.2, 0.25) is 0 Å². The van der Waals surface area contributed by atoms with Gasteiger partial charge in [-0.05, 0) is 49.2 Å². The van der Waals surface area contributed by atoms with Crippen LogP contribution in [-0.4, -0.2) is 18.6 Å². The standard InChI is InChI=1S/C17H21FN2O/c1-4-9-20-17(13-11-19-10-8-12(13)2)16-14(18)6-5-7-15(16)21-3/h5-8,10-11,17,20H,4,9H2,1-3H3. The highest BCUT2D eigenvalue weighted by Gasteiger charge is 2.23. The van der Waals surface area contributed by atoms with Gasteiger partial charge in [0.2, 0.25) is 0 Å². The predicted octanol–water partition coefficient (Wildman–Crippen LogP) is 3.63. The Morgan fingerprint density at radius 3 is 2.81 bits per heavy atom. The SMILES string of the molecule is CCCNC(c1cnccc1C)c1c(F)cccc1OC. The van der Waals surface area contributed by atoms with Gasteiger partial charge < -0.3 is 10.1 Å². The summed E-state index contributed by atoms with van der Waals surface area (Å²) in [6.07, 6.45) is 4.50. The number of ether oxygens (including phenoxy) is 1. The van der Waals surface area contributed by atoms with E-state index in [1.54, 1.807) is 31.6 Å². The Balaban J connectivity index is 2.53. The van der Waals surface area contributed by atoms with Crippen molar-refractivity contribution in [1.82, 2.24) is 10.3 Å². The van der Waals surface area contributed by atoms with E-state index in [1.165, 1.54) is 6.07 Å². The first kappa shape index (κ1) is 15.4. The largest absolute Gasteiger partial charge is 0.496 e. The molecular formula is C17H21FN2O. The molecule has 1 unspecified atom stereocenters. The van der Waals surface area contributed by atoms with E-state index < -0.39 is 0 Å². The molecule has 0 radical (unpaired) electrons. The molecule has 0 saturated heterocycles. The average Bonchev–Trinajstić information content (AvgIpc) is 2.50. The molecular weight excluding hydrogens is 267 g/mol. The van der Waals surface area contributed by atoms with Gasteiger partial charge in [0.1, 0.15) is 11.6 Å². The van der Waals surface area contributed by atoms with Crippen molar-refractivity contribution in [3.05, 3.63) is 59.2 Å². The third kappa shape index (κ3) is 3.39. The molecule has 0 bridgehead atoms. The summed E-state index contributed by atoms with van der Waals surface area (Å²) in [7, 11) is 1.56. The van der Waals surface area contributed by atoms with Crippen molar-refractivity contribution in [1.29, 1.82) is 0 Å². The molecule has 0 aliphatic rings. The van der Waals surface area contributed by atoms with Gasteiger partial charge in [0.15, 0.2) is 0 Å². The fourth-order valence-corrected chi connectivity index (χ4v) is 2.41. The molecule has 0 aliphatic carbocycles. The lowest BCUT2D eigenvalue weighted by Gasteiger charge is -2.23. The van der Waals surface area contributed by atoms with Crippen molar-refractivity contribution >= 4 is 0 Å². The van der Waals surface area contributed by atoms with Crippen LogP contribution in [0.15, 0.2) is 36.7 Å². The minimum absolute atomic E-state index is 0.269. The minimum atomic E-state index is -0.272. The lowest BCUT2D eigenvalue weighted by molar-refractivity contribution is 0.396. The fourth-order valence-electron chi connectivity index (χ4n) is 2.41. The molecule has 1 atom stereocenters. The van der Waals surface area contributed by atoms with Gasteiger partial charge in [-0.2, -0.15) is 0 Å². The van der Waals surface area contributed by atoms with Gasteiger partial charge >= 0.3 is 0 Å². The van der Waals surface area contributed by atoms with Gasteiger partial charge in [0.25, 0.3) is 0 Å². The number of methoxy groups -OCH3 is 1. The molecule has 0 fully saturated rings. The number of nitrogens with zero attached hydrogens (tertiary/aromatic N) is 1. The Morgan fingerprint density at radius 1 is 1.33 bits per heavy atom. The maximum Gasteiger partial charge on any atom is 0.132 e. The molecule has 0 spiro atoms. The van der Waals surface area contributed by atoms with Crippen molar-refractivity contribution in [2.75, 3.05) is 13.7 Å². The summed E-state index contributed by atoms with van der Waals surface area (Å²) in [6, 6.07) is 6.57. The van der Waals surface area contributed by atoms with Crippen molar-refractivity contribution in [2.45, 2.75) is 26.3 Å². The zero-order chi connectivity index (χ0) is 15.2. The quantitative estimate of drug-likeness (QED) is 0.881. The van der Waals surface area contributed by atoms with Gasteiger partial charge in [-0.25, -0.2) is 4.39 Å². The molecule has 1 heterocycles. The fraction of sp³-hybridized carbons (Fsp3) is 0.353. The summed E-state index contributed by atoms with van der Waals surface area (Å²) in [4.78, 5) is 4.18. The molecule has 3 nitrogen and oxygen atoms in total. The third-order valence-corrected chi connectivity index (χ3v) is 3.51. The van der Waals surface area contributed by atoms with Gasteiger partial charge in [0, 0.05) is 12.4 Å². The molecule has 0 aliphatic heterocycles. The zero-order valence-electron chi connectivity index (χ0n) is 12.7. The number of nitrogens with one attached hydrogen (secondary N) is 1. The summed E-state index contributed by atoms with van der Waals surface area (Å²) >= 11 is 0. The van der Waals surface area contributed by atoms with Crippen LogP contribution >= 0.6 is 0 Å². The maximum absolute atomic E-state index is 14.4. The van der Waals surface area contributed by atoms with Gasteiger partial charge in [-0.3, -0.25) is 4.98 Å². The highest BCUT2D eigenvalue weighted by Crippen LogP contribution is 2.33. The Labute approximate surface area is 125 Å². The van der Waals surface area contributed by atoms with E-state index in [4.69, 9.17) is 4.74 Å². The third-order valence-electron chi connectivity index (χ3n) is 3.51. The van der Waals surface area contributed by atoms with E-state index in [0.29, 0.717) is 11.3 Å². The van der Waals surface area contributed by atoms with Crippen LogP contribution in [-0.2, 0) is 0 Å². The molecule has 112 valence electrons.